The van der Waals surface area contributed by atoms with Crippen LogP contribution in [0.25, 0.3) is 5.69 Å². The van der Waals surface area contributed by atoms with Crippen molar-refractivity contribution < 1.29 is 23.8 Å². The summed E-state index contributed by atoms with van der Waals surface area (Å²) in [4.78, 5) is 25.0. The highest BCUT2D eigenvalue weighted by Gasteiger charge is 2.35. The molecule has 0 atom stereocenters. The number of methoxy groups -OCH3 is 1. The number of hydrogen-bond donors (Lipinski definition) is 1. The number of rotatable bonds is 3. The van der Waals surface area contributed by atoms with Gasteiger partial charge in [0.25, 0.3) is 0 Å². The molecule has 0 saturated carbocycles. The first-order valence-electron chi connectivity index (χ1n) is 6.95. The van der Waals surface area contributed by atoms with Gasteiger partial charge in [-0.05, 0) is 31.2 Å². The third-order valence-electron chi connectivity index (χ3n) is 3.94. The SMILES string of the molecule is COC1=CC(=O)c2c(c(CO)c(C)n2-c2ccc(F)cc2)C1=O. The van der Waals surface area contributed by atoms with Gasteiger partial charge < -0.3 is 14.4 Å². The summed E-state index contributed by atoms with van der Waals surface area (Å²) < 4.78 is 19.7. The Labute approximate surface area is 131 Å². The number of hydrogen-bond acceptors (Lipinski definition) is 4. The minimum Gasteiger partial charge on any atom is -0.492 e. The van der Waals surface area contributed by atoms with E-state index in [1.165, 1.54) is 31.4 Å². The number of aliphatic hydroxyl groups is 1. The minimum atomic E-state index is -0.449. The predicted molar refractivity (Wildman–Crippen MR) is 80.1 cm³/mol. The molecule has 0 aliphatic heterocycles. The van der Waals surface area contributed by atoms with Crippen LogP contribution in [0.15, 0.2) is 36.1 Å². The summed E-state index contributed by atoms with van der Waals surface area (Å²) in [5.41, 5.74) is 1.75. The van der Waals surface area contributed by atoms with Gasteiger partial charge in [0.15, 0.2) is 5.76 Å². The zero-order valence-electron chi connectivity index (χ0n) is 12.6. The maximum atomic E-state index is 13.2. The van der Waals surface area contributed by atoms with Gasteiger partial charge in [-0.3, -0.25) is 9.59 Å². The van der Waals surface area contributed by atoms with Crippen LogP contribution < -0.4 is 0 Å². The van der Waals surface area contributed by atoms with Crippen molar-refractivity contribution in [1.82, 2.24) is 4.57 Å². The molecule has 0 amide bonds. The predicted octanol–water partition coefficient (Wildman–Crippen LogP) is 2.33. The van der Waals surface area contributed by atoms with Gasteiger partial charge >= 0.3 is 0 Å². The van der Waals surface area contributed by atoms with E-state index in [9.17, 15) is 19.1 Å². The lowest BCUT2D eigenvalue weighted by Gasteiger charge is -2.15. The largest absolute Gasteiger partial charge is 0.492 e. The molecule has 0 unspecified atom stereocenters. The van der Waals surface area contributed by atoms with E-state index in [0.717, 1.165) is 6.08 Å². The number of fused-ring (bicyclic) bond motifs is 1. The molecule has 1 aliphatic rings. The number of ether oxygens (including phenoxy) is 1. The second-order valence-electron chi connectivity index (χ2n) is 5.16. The Morgan fingerprint density at radius 3 is 2.43 bits per heavy atom. The molecule has 0 saturated heterocycles. The molecule has 0 fully saturated rings. The van der Waals surface area contributed by atoms with Gasteiger partial charge in [-0.15, -0.1) is 0 Å². The van der Waals surface area contributed by atoms with Gasteiger partial charge in [0.05, 0.1) is 19.3 Å². The molecular formula is C17H14FNO4. The topological polar surface area (TPSA) is 68.5 Å². The van der Waals surface area contributed by atoms with E-state index in [0.29, 0.717) is 16.9 Å². The van der Waals surface area contributed by atoms with E-state index in [1.54, 1.807) is 11.5 Å². The Bertz CT molecular complexity index is 846. The van der Waals surface area contributed by atoms with E-state index < -0.39 is 24.0 Å². The number of carbonyl (C=O) groups is 2. The van der Waals surface area contributed by atoms with E-state index in [1.807, 2.05) is 0 Å². The summed E-state index contributed by atoms with van der Waals surface area (Å²) in [6.07, 6.45) is 1.13. The van der Waals surface area contributed by atoms with Crippen molar-refractivity contribution in [2.24, 2.45) is 0 Å². The Morgan fingerprint density at radius 1 is 1.22 bits per heavy atom. The molecule has 5 nitrogen and oxygen atoms in total. The molecule has 1 aromatic carbocycles. The summed E-state index contributed by atoms with van der Waals surface area (Å²) in [6, 6.07) is 5.56. The number of halogens is 1. The summed E-state index contributed by atoms with van der Waals surface area (Å²) in [6.45, 7) is 1.30. The molecule has 1 heterocycles. The summed E-state index contributed by atoms with van der Waals surface area (Å²) >= 11 is 0. The van der Waals surface area contributed by atoms with Gasteiger partial charge in [-0.25, -0.2) is 4.39 Å². The number of benzene rings is 1. The molecule has 1 aliphatic carbocycles. The molecule has 23 heavy (non-hydrogen) atoms. The second kappa shape index (κ2) is 5.48. The fourth-order valence-corrected chi connectivity index (χ4v) is 2.85. The Balaban J connectivity index is 2.32. The highest BCUT2D eigenvalue weighted by Crippen LogP contribution is 2.32. The van der Waals surface area contributed by atoms with Crippen LogP contribution in [0.1, 0.15) is 32.1 Å². The highest BCUT2D eigenvalue weighted by molar-refractivity contribution is 6.24. The molecular weight excluding hydrogens is 301 g/mol. The second-order valence-corrected chi connectivity index (χ2v) is 5.16. The molecule has 1 N–H and O–H groups in total. The van der Waals surface area contributed by atoms with Crippen molar-refractivity contribution >= 4 is 11.6 Å². The molecule has 0 bridgehead atoms. The van der Waals surface area contributed by atoms with E-state index in [-0.39, 0.29) is 17.0 Å². The molecule has 0 radical (unpaired) electrons. The standard InChI is InChI=1S/C17H14FNO4/c1-9-12(8-20)15-16(13(21)7-14(23-2)17(15)22)19(9)11-5-3-10(18)4-6-11/h3-7,20H,8H2,1-2H3. The van der Waals surface area contributed by atoms with Crippen molar-refractivity contribution in [3.63, 3.8) is 0 Å². The number of allylic oxidation sites excluding steroid dienone is 2. The number of nitrogens with zero attached hydrogens (tertiary/aromatic N) is 1. The van der Waals surface area contributed by atoms with Crippen LogP contribution in [0, 0.1) is 12.7 Å². The first-order valence-corrected chi connectivity index (χ1v) is 6.95. The number of Topliss-reactive ketones (excluding diaryl/α,β-unsaturated/α-hetero) is 1. The number of aromatic nitrogens is 1. The smallest absolute Gasteiger partial charge is 0.230 e. The molecule has 1 aromatic heterocycles. The van der Waals surface area contributed by atoms with E-state index in [4.69, 9.17) is 4.74 Å². The third-order valence-corrected chi connectivity index (χ3v) is 3.94. The number of aliphatic hydroxyl groups excluding tert-OH is 1. The Morgan fingerprint density at radius 2 is 1.87 bits per heavy atom. The molecule has 2 aromatic rings. The van der Waals surface area contributed by atoms with Crippen molar-refractivity contribution in [3.8, 4) is 5.69 Å². The third kappa shape index (κ3) is 2.19. The van der Waals surface area contributed by atoms with Gasteiger partial charge in [-0.1, -0.05) is 0 Å². The van der Waals surface area contributed by atoms with Crippen LogP contribution in [-0.4, -0.2) is 28.3 Å². The molecule has 0 spiro atoms. The molecule has 3 rings (SSSR count). The molecule has 118 valence electrons. The van der Waals surface area contributed by atoms with Gasteiger partial charge in [0.2, 0.25) is 11.6 Å². The van der Waals surface area contributed by atoms with Crippen molar-refractivity contribution in [1.29, 1.82) is 0 Å². The quantitative estimate of drug-likeness (QED) is 0.944. The number of carbonyl (C=O) groups excluding carboxylic acids is 2. The van der Waals surface area contributed by atoms with E-state index in [2.05, 4.69) is 0 Å². The molecule has 6 heteroatoms. The Kier molecular flexibility index (Phi) is 3.61. The van der Waals surface area contributed by atoms with Crippen LogP contribution in [0.5, 0.6) is 0 Å². The lowest BCUT2D eigenvalue weighted by atomic mass is 9.96. The maximum Gasteiger partial charge on any atom is 0.230 e. The summed E-state index contributed by atoms with van der Waals surface area (Å²) in [5.74, 6) is -1.31. The maximum absolute atomic E-state index is 13.2. The summed E-state index contributed by atoms with van der Waals surface area (Å²) in [7, 11) is 1.31. The van der Waals surface area contributed by atoms with Crippen molar-refractivity contribution in [2.75, 3.05) is 7.11 Å². The fourth-order valence-electron chi connectivity index (χ4n) is 2.85. The van der Waals surface area contributed by atoms with Crippen LogP contribution in [0.4, 0.5) is 4.39 Å². The van der Waals surface area contributed by atoms with Crippen LogP contribution in [0.3, 0.4) is 0 Å². The van der Waals surface area contributed by atoms with Crippen molar-refractivity contribution in [3.05, 3.63) is 64.4 Å². The first-order chi connectivity index (χ1) is 11.0. The zero-order chi connectivity index (χ0) is 16.7. The minimum absolute atomic E-state index is 0.0616. The van der Waals surface area contributed by atoms with Crippen LogP contribution in [0.2, 0.25) is 0 Å². The lowest BCUT2D eigenvalue weighted by molar-refractivity contribution is 0.0912. The van der Waals surface area contributed by atoms with Gasteiger partial charge in [-0.2, -0.15) is 0 Å². The Hall–Kier alpha value is -2.73. The average Bonchev–Trinajstić information content (AvgIpc) is 2.85. The fraction of sp³-hybridized carbons (Fsp3) is 0.176. The normalized spacial score (nSPS) is 13.8. The van der Waals surface area contributed by atoms with Gasteiger partial charge in [0, 0.05) is 23.0 Å². The highest BCUT2D eigenvalue weighted by atomic mass is 19.1. The van der Waals surface area contributed by atoms with E-state index >= 15 is 0 Å². The zero-order valence-corrected chi connectivity index (χ0v) is 12.6. The average molecular weight is 315 g/mol. The monoisotopic (exact) mass is 315 g/mol. The van der Waals surface area contributed by atoms with Gasteiger partial charge in [0.1, 0.15) is 11.5 Å². The van der Waals surface area contributed by atoms with Crippen molar-refractivity contribution in [2.45, 2.75) is 13.5 Å². The lowest BCUT2D eigenvalue weighted by Crippen LogP contribution is -2.20. The van der Waals surface area contributed by atoms with Crippen LogP contribution >= 0.6 is 0 Å². The number of ketones is 2. The first kappa shape index (κ1) is 15.2. The van der Waals surface area contributed by atoms with Crippen LogP contribution in [-0.2, 0) is 11.3 Å². The summed E-state index contributed by atoms with van der Waals surface area (Å²) in [5, 5.41) is 9.64.